The number of hydrogen-bond acceptors (Lipinski definition) is 5. The van der Waals surface area contributed by atoms with Gasteiger partial charge in [-0.15, -0.1) is 0 Å². The van der Waals surface area contributed by atoms with E-state index in [0.717, 1.165) is 23.4 Å². The predicted octanol–water partition coefficient (Wildman–Crippen LogP) is 4.72. The summed E-state index contributed by atoms with van der Waals surface area (Å²) >= 11 is 5.91. The van der Waals surface area contributed by atoms with Gasteiger partial charge in [-0.25, -0.2) is 4.98 Å². The predicted molar refractivity (Wildman–Crippen MR) is 102 cm³/mol. The minimum Gasteiger partial charge on any atom is -0.489 e. The van der Waals surface area contributed by atoms with Gasteiger partial charge < -0.3 is 13.8 Å². The average molecular weight is 381 g/mol. The number of ether oxygens (including phenoxy) is 1. The lowest BCUT2D eigenvalue weighted by molar-refractivity contribution is 0.306. The molecule has 0 amide bonds. The van der Waals surface area contributed by atoms with Crippen molar-refractivity contribution >= 4 is 11.6 Å². The maximum absolute atomic E-state index is 5.91. The summed E-state index contributed by atoms with van der Waals surface area (Å²) in [6.07, 6.45) is 4.28. The molecule has 2 heterocycles. The summed E-state index contributed by atoms with van der Waals surface area (Å²) in [6.45, 7) is 2.44. The quantitative estimate of drug-likeness (QED) is 0.484. The Morgan fingerprint density at radius 2 is 2.00 bits per heavy atom. The smallest absolute Gasteiger partial charge is 0.278 e. The second-order valence-corrected chi connectivity index (χ2v) is 6.38. The SMILES string of the molecule is CCc1noc(-c2cn(-c3cccc(OCc4ccc(Cl)cc4)c3)cn2)n1. The topological polar surface area (TPSA) is 66.0 Å². The van der Waals surface area contributed by atoms with Crippen LogP contribution in [0.15, 0.2) is 65.6 Å². The van der Waals surface area contributed by atoms with E-state index in [-0.39, 0.29) is 0 Å². The van der Waals surface area contributed by atoms with E-state index in [1.165, 1.54) is 0 Å². The molecule has 0 aliphatic heterocycles. The Labute approximate surface area is 161 Å². The molecular weight excluding hydrogens is 364 g/mol. The maximum atomic E-state index is 5.91. The molecule has 136 valence electrons. The minimum absolute atomic E-state index is 0.417. The average Bonchev–Trinajstić information content (AvgIpc) is 3.37. The molecular formula is C20H17ClN4O2. The van der Waals surface area contributed by atoms with Gasteiger partial charge in [0.05, 0.1) is 5.69 Å². The first-order valence-corrected chi connectivity index (χ1v) is 8.93. The number of halogens is 1. The van der Waals surface area contributed by atoms with E-state index < -0.39 is 0 Å². The summed E-state index contributed by atoms with van der Waals surface area (Å²) in [5.41, 5.74) is 2.62. The fourth-order valence-electron chi connectivity index (χ4n) is 2.56. The van der Waals surface area contributed by atoms with Crippen molar-refractivity contribution in [1.29, 1.82) is 0 Å². The molecule has 0 aliphatic carbocycles. The zero-order chi connectivity index (χ0) is 18.6. The third-order valence-electron chi connectivity index (χ3n) is 4.02. The number of rotatable bonds is 6. The van der Waals surface area contributed by atoms with E-state index >= 15 is 0 Å². The van der Waals surface area contributed by atoms with E-state index in [9.17, 15) is 0 Å². The molecule has 0 fully saturated rings. The Hall–Kier alpha value is -3.12. The standard InChI is InChI=1S/C20H17ClN4O2/c1-2-19-23-20(27-24-19)18-11-25(13-22-18)16-4-3-5-17(10-16)26-12-14-6-8-15(21)9-7-14/h3-11,13H,2,12H2,1H3. The highest BCUT2D eigenvalue weighted by atomic mass is 35.5. The third-order valence-corrected chi connectivity index (χ3v) is 4.27. The minimum atomic E-state index is 0.417. The molecule has 0 saturated heterocycles. The highest BCUT2D eigenvalue weighted by molar-refractivity contribution is 6.30. The highest BCUT2D eigenvalue weighted by Gasteiger charge is 2.11. The molecule has 0 spiro atoms. The number of benzene rings is 2. The normalized spacial score (nSPS) is 10.9. The van der Waals surface area contributed by atoms with Gasteiger partial charge in [-0.3, -0.25) is 0 Å². The molecule has 0 N–H and O–H groups in total. The largest absolute Gasteiger partial charge is 0.489 e. The fourth-order valence-corrected chi connectivity index (χ4v) is 2.68. The van der Waals surface area contributed by atoms with E-state index in [1.807, 2.05) is 66.2 Å². The third kappa shape index (κ3) is 4.01. The number of aryl methyl sites for hydroxylation is 1. The van der Waals surface area contributed by atoms with Crippen molar-refractivity contribution in [3.8, 4) is 23.0 Å². The Morgan fingerprint density at radius 1 is 1.15 bits per heavy atom. The second-order valence-electron chi connectivity index (χ2n) is 5.95. The molecule has 0 bridgehead atoms. The first-order chi connectivity index (χ1) is 13.2. The first kappa shape index (κ1) is 17.3. The lowest BCUT2D eigenvalue weighted by atomic mass is 10.2. The summed E-state index contributed by atoms with van der Waals surface area (Å²) in [5.74, 6) is 1.85. The van der Waals surface area contributed by atoms with Gasteiger partial charge in [0.25, 0.3) is 5.89 Å². The number of aromatic nitrogens is 4. The molecule has 2 aromatic carbocycles. The number of hydrogen-bond donors (Lipinski definition) is 0. The Bertz CT molecular complexity index is 1040. The van der Waals surface area contributed by atoms with E-state index in [4.69, 9.17) is 20.9 Å². The van der Waals surface area contributed by atoms with Crippen molar-refractivity contribution in [2.24, 2.45) is 0 Å². The van der Waals surface area contributed by atoms with Crippen LogP contribution in [0, 0.1) is 0 Å². The van der Waals surface area contributed by atoms with Crippen LogP contribution in [-0.4, -0.2) is 19.7 Å². The van der Waals surface area contributed by atoms with Crippen LogP contribution in [0.25, 0.3) is 17.3 Å². The van der Waals surface area contributed by atoms with Crippen LogP contribution < -0.4 is 4.74 Å². The lowest BCUT2D eigenvalue weighted by Crippen LogP contribution is -1.96. The van der Waals surface area contributed by atoms with Gasteiger partial charge in [-0.1, -0.05) is 41.9 Å². The van der Waals surface area contributed by atoms with Gasteiger partial charge in [-0.05, 0) is 29.8 Å². The second kappa shape index (κ2) is 7.63. The van der Waals surface area contributed by atoms with Crippen LogP contribution in [0.2, 0.25) is 5.02 Å². The number of nitrogens with zero attached hydrogens (tertiary/aromatic N) is 4. The van der Waals surface area contributed by atoms with Crippen LogP contribution in [0.3, 0.4) is 0 Å². The van der Waals surface area contributed by atoms with Crippen molar-refractivity contribution < 1.29 is 9.26 Å². The summed E-state index contributed by atoms with van der Waals surface area (Å²) in [5, 5.41) is 4.61. The van der Waals surface area contributed by atoms with Gasteiger partial charge in [0, 0.05) is 23.7 Å². The zero-order valence-electron chi connectivity index (χ0n) is 14.7. The molecule has 0 saturated carbocycles. The van der Waals surface area contributed by atoms with Crippen molar-refractivity contribution in [3.63, 3.8) is 0 Å². The molecule has 2 aromatic heterocycles. The van der Waals surface area contributed by atoms with Crippen molar-refractivity contribution in [2.45, 2.75) is 20.0 Å². The Kier molecular flexibility index (Phi) is 4.89. The van der Waals surface area contributed by atoms with Crippen LogP contribution in [0.1, 0.15) is 18.3 Å². The van der Waals surface area contributed by atoms with Crippen LogP contribution in [0.5, 0.6) is 5.75 Å². The molecule has 0 atom stereocenters. The fraction of sp³-hybridized carbons (Fsp3) is 0.150. The van der Waals surface area contributed by atoms with Crippen LogP contribution in [-0.2, 0) is 13.0 Å². The highest BCUT2D eigenvalue weighted by Crippen LogP contribution is 2.21. The Morgan fingerprint density at radius 3 is 2.78 bits per heavy atom. The van der Waals surface area contributed by atoms with Gasteiger partial charge >= 0.3 is 0 Å². The van der Waals surface area contributed by atoms with Crippen LogP contribution in [0.4, 0.5) is 0 Å². The maximum Gasteiger partial charge on any atom is 0.278 e. The summed E-state index contributed by atoms with van der Waals surface area (Å²) < 4.78 is 13.0. The van der Waals surface area contributed by atoms with Crippen molar-refractivity contribution in [1.82, 2.24) is 19.7 Å². The molecule has 7 heteroatoms. The molecule has 0 unspecified atom stereocenters. The molecule has 4 aromatic rings. The first-order valence-electron chi connectivity index (χ1n) is 8.56. The van der Waals surface area contributed by atoms with Crippen molar-refractivity contribution in [2.75, 3.05) is 0 Å². The zero-order valence-corrected chi connectivity index (χ0v) is 15.4. The summed E-state index contributed by atoms with van der Waals surface area (Å²) in [6, 6.07) is 15.4. The van der Waals surface area contributed by atoms with Crippen LogP contribution >= 0.6 is 11.6 Å². The molecule has 0 radical (unpaired) electrons. The lowest BCUT2D eigenvalue weighted by Gasteiger charge is -2.08. The van der Waals surface area contributed by atoms with Gasteiger partial charge in [0.2, 0.25) is 0 Å². The number of imidazole rings is 1. The van der Waals surface area contributed by atoms with E-state index in [1.54, 1.807) is 6.33 Å². The van der Waals surface area contributed by atoms with Gasteiger partial charge in [0.15, 0.2) is 5.82 Å². The Balaban J connectivity index is 1.49. The van der Waals surface area contributed by atoms with Crippen molar-refractivity contribution in [3.05, 3.63) is 77.5 Å². The van der Waals surface area contributed by atoms with E-state index in [0.29, 0.717) is 29.0 Å². The summed E-state index contributed by atoms with van der Waals surface area (Å²) in [7, 11) is 0. The summed E-state index contributed by atoms with van der Waals surface area (Å²) in [4.78, 5) is 8.66. The van der Waals surface area contributed by atoms with Gasteiger partial charge in [0.1, 0.15) is 24.4 Å². The molecule has 4 rings (SSSR count). The monoisotopic (exact) mass is 380 g/mol. The molecule has 27 heavy (non-hydrogen) atoms. The molecule has 0 aliphatic rings. The molecule has 6 nitrogen and oxygen atoms in total. The van der Waals surface area contributed by atoms with Gasteiger partial charge in [-0.2, -0.15) is 4.98 Å². The van der Waals surface area contributed by atoms with E-state index in [2.05, 4.69) is 15.1 Å².